The zero-order valence-electron chi connectivity index (χ0n) is 12.8. The lowest BCUT2D eigenvalue weighted by molar-refractivity contribution is -0.139. The van der Waals surface area contributed by atoms with Crippen molar-refractivity contribution in [1.29, 1.82) is 0 Å². The molecule has 3 nitrogen and oxygen atoms in total. The third kappa shape index (κ3) is 2.64. The van der Waals surface area contributed by atoms with Crippen molar-refractivity contribution >= 4 is 5.97 Å². The summed E-state index contributed by atoms with van der Waals surface area (Å²) < 4.78 is 0. The maximum atomic E-state index is 11.9. The first-order chi connectivity index (χ1) is 10.7. The molecule has 0 aromatic heterocycles. The molecule has 1 unspecified atom stereocenters. The second-order valence-electron chi connectivity index (χ2n) is 5.75. The number of aliphatic carboxylic acids is 1. The highest BCUT2D eigenvalue weighted by Gasteiger charge is 2.34. The number of nitrogens with one attached hydrogen (secondary N) is 1. The van der Waals surface area contributed by atoms with Crippen LogP contribution in [0.4, 0.5) is 0 Å². The molecule has 1 atom stereocenters. The van der Waals surface area contributed by atoms with E-state index in [2.05, 4.69) is 29.6 Å². The lowest BCUT2D eigenvalue weighted by Gasteiger charge is -2.27. The molecular formula is C19H21NO2. The first-order valence-electron chi connectivity index (χ1n) is 7.84. The van der Waals surface area contributed by atoms with Crippen molar-refractivity contribution in [2.24, 2.45) is 0 Å². The molecule has 22 heavy (non-hydrogen) atoms. The van der Waals surface area contributed by atoms with Gasteiger partial charge >= 0.3 is 5.97 Å². The van der Waals surface area contributed by atoms with Gasteiger partial charge < -0.3 is 10.4 Å². The van der Waals surface area contributed by atoms with E-state index in [0.717, 1.165) is 24.0 Å². The number of benzene rings is 2. The molecule has 3 rings (SSSR count). The van der Waals surface area contributed by atoms with Crippen LogP contribution in [0.5, 0.6) is 0 Å². The standard InChI is InChI=1S/C19H21NO2/c1-2-20-18(19(21)22)17-15-9-5-3-7-13(15)11-12-14-8-4-6-10-16(14)17/h3-10,17-18,20H,2,11-12H2,1H3,(H,21,22). The van der Waals surface area contributed by atoms with Crippen LogP contribution in [-0.4, -0.2) is 23.7 Å². The van der Waals surface area contributed by atoms with Crippen molar-refractivity contribution in [3.05, 3.63) is 70.8 Å². The van der Waals surface area contributed by atoms with Gasteiger partial charge in [-0.15, -0.1) is 0 Å². The van der Waals surface area contributed by atoms with Gasteiger partial charge in [0.1, 0.15) is 6.04 Å². The van der Waals surface area contributed by atoms with Gasteiger partial charge in [0, 0.05) is 5.92 Å². The summed E-state index contributed by atoms with van der Waals surface area (Å²) in [7, 11) is 0. The topological polar surface area (TPSA) is 49.3 Å². The first kappa shape index (κ1) is 14.8. The van der Waals surface area contributed by atoms with E-state index in [9.17, 15) is 9.90 Å². The SMILES string of the molecule is CCNC(C(=O)O)C1c2ccccc2CCc2ccccc21. The molecule has 0 heterocycles. The minimum Gasteiger partial charge on any atom is -0.480 e. The normalized spacial score (nSPS) is 15.5. The molecule has 1 aliphatic carbocycles. The molecular weight excluding hydrogens is 274 g/mol. The number of hydrogen-bond donors (Lipinski definition) is 2. The van der Waals surface area contributed by atoms with E-state index in [0.29, 0.717) is 6.54 Å². The molecule has 0 radical (unpaired) electrons. The predicted molar refractivity (Wildman–Crippen MR) is 87.2 cm³/mol. The van der Waals surface area contributed by atoms with E-state index >= 15 is 0 Å². The lowest BCUT2D eigenvalue weighted by atomic mass is 9.82. The largest absolute Gasteiger partial charge is 0.480 e. The summed E-state index contributed by atoms with van der Waals surface area (Å²) in [5, 5.41) is 12.9. The number of hydrogen-bond acceptors (Lipinski definition) is 2. The summed E-state index contributed by atoms with van der Waals surface area (Å²) in [4.78, 5) is 11.9. The summed E-state index contributed by atoms with van der Waals surface area (Å²) in [5.74, 6) is -0.939. The number of aryl methyl sites for hydroxylation is 2. The van der Waals surface area contributed by atoms with Gasteiger partial charge in [-0.2, -0.15) is 0 Å². The maximum absolute atomic E-state index is 11.9. The fraction of sp³-hybridized carbons (Fsp3) is 0.316. The Hall–Kier alpha value is -2.13. The molecule has 0 bridgehead atoms. The fourth-order valence-electron chi connectivity index (χ4n) is 3.49. The third-order valence-electron chi connectivity index (χ3n) is 4.47. The Morgan fingerprint density at radius 3 is 2.05 bits per heavy atom. The van der Waals surface area contributed by atoms with Crippen molar-refractivity contribution in [3.63, 3.8) is 0 Å². The molecule has 0 saturated carbocycles. The van der Waals surface area contributed by atoms with Gasteiger partial charge in [0.15, 0.2) is 0 Å². The first-order valence-corrected chi connectivity index (χ1v) is 7.84. The van der Waals surface area contributed by atoms with Crippen molar-refractivity contribution in [2.75, 3.05) is 6.54 Å². The Morgan fingerprint density at radius 2 is 1.59 bits per heavy atom. The zero-order chi connectivity index (χ0) is 15.5. The van der Waals surface area contributed by atoms with Gasteiger partial charge in [-0.1, -0.05) is 55.5 Å². The molecule has 2 aromatic carbocycles. The minimum absolute atomic E-state index is 0.146. The Kier molecular flexibility index (Phi) is 4.25. The molecule has 0 spiro atoms. The van der Waals surface area contributed by atoms with Crippen LogP contribution in [0.2, 0.25) is 0 Å². The van der Waals surface area contributed by atoms with Crippen LogP contribution in [-0.2, 0) is 17.6 Å². The number of rotatable bonds is 4. The Bertz CT molecular complexity index is 633. The quantitative estimate of drug-likeness (QED) is 0.911. The Balaban J connectivity index is 2.19. The fourth-order valence-corrected chi connectivity index (χ4v) is 3.49. The van der Waals surface area contributed by atoms with Crippen LogP contribution in [0.3, 0.4) is 0 Å². The summed E-state index contributed by atoms with van der Waals surface area (Å²) in [6.07, 6.45) is 1.92. The number of carboxylic acids is 1. The van der Waals surface area contributed by atoms with Crippen LogP contribution >= 0.6 is 0 Å². The van der Waals surface area contributed by atoms with Gasteiger partial charge in [-0.25, -0.2) is 0 Å². The molecule has 2 aromatic rings. The minimum atomic E-state index is -0.793. The van der Waals surface area contributed by atoms with E-state index < -0.39 is 12.0 Å². The highest BCUT2D eigenvalue weighted by atomic mass is 16.4. The number of carbonyl (C=O) groups is 1. The molecule has 0 saturated heterocycles. The lowest BCUT2D eigenvalue weighted by Crippen LogP contribution is -2.42. The molecule has 1 aliphatic rings. The molecule has 0 fully saturated rings. The summed E-state index contributed by atoms with van der Waals surface area (Å²) in [5.41, 5.74) is 4.79. The summed E-state index contributed by atoms with van der Waals surface area (Å²) >= 11 is 0. The smallest absolute Gasteiger partial charge is 0.321 e. The molecule has 0 aliphatic heterocycles. The molecule has 3 heteroatoms. The van der Waals surface area contributed by atoms with Crippen molar-refractivity contribution in [1.82, 2.24) is 5.32 Å². The van der Waals surface area contributed by atoms with E-state index in [4.69, 9.17) is 0 Å². The van der Waals surface area contributed by atoms with Crippen LogP contribution in [0.25, 0.3) is 0 Å². The van der Waals surface area contributed by atoms with Crippen molar-refractivity contribution in [3.8, 4) is 0 Å². The van der Waals surface area contributed by atoms with Crippen LogP contribution < -0.4 is 5.32 Å². The zero-order valence-corrected chi connectivity index (χ0v) is 12.8. The predicted octanol–water partition coefficient (Wildman–Crippen LogP) is 2.98. The van der Waals surface area contributed by atoms with Gasteiger partial charge in [-0.05, 0) is 41.6 Å². The monoisotopic (exact) mass is 295 g/mol. The summed E-state index contributed by atoms with van der Waals surface area (Å²) in [6.45, 7) is 2.59. The third-order valence-corrected chi connectivity index (χ3v) is 4.47. The number of carboxylic acid groups (broad SMARTS) is 1. The molecule has 2 N–H and O–H groups in total. The highest BCUT2D eigenvalue weighted by molar-refractivity contribution is 5.76. The second-order valence-corrected chi connectivity index (χ2v) is 5.75. The Morgan fingerprint density at radius 1 is 1.09 bits per heavy atom. The van der Waals surface area contributed by atoms with Crippen LogP contribution in [0, 0.1) is 0 Å². The maximum Gasteiger partial charge on any atom is 0.321 e. The van der Waals surface area contributed by atoms with E-state index in [1.165, 1.54) is 11.1 Å². The average Bonchev–Trinajstić information content (AvgIpc) is 2.69. The molecule has 0 amide bonds. The van der Waals surface area contributed by atoms with Gasteiger partial charge in [0.2, 0.25) is 0 Å². The second kappa shape index (κ2) is 6.32. The van der Waals surface area contributed by atoms with E-state index in [-0.39, 0.29) is 5.92 Å². The summed E-state index contributed by atoms with van der Waals surface area (Å²) in [6, 6.07) is 15.9. The average molecular weight is 295 g/mol. The van der Waals surface area contributed by atoms with E-state index in [1.54, 1.807) is 0 Å². The van der Waals surface area contributed by atoms with Crippen LogP contribution in [0.1, 0.15) is 35.1 Å². The van der Waals surface area contributed by atoms with Gasteiger partial charge in [-0.3, -0.25) is 4.79 Å². The highest BCUT2D eigenvalue weighted by Crippen LogP contribution is 2.36. The number of likely N-dealkylation sites (N-methyl/N-ethyl adjacent to an activating group) is 1. The van der Waals surface area contributed by atoms with Crippen molar-refractivity contribution in [2.45, 2.75) is 31.7 Å². The van der Waals surface area contributed by atoms with Gasteiger partial charge in [0.25, 0.3) is 0 Å². The Labute approximate surface area is 131 Å². The molecule has 114 valence electrons. The number of fused-ring (bicyclic) bond motifs is 2. The van der Waals surface area contributed by atoms with Crippen LogP contribution in [0.15, 0.2) is 48.5 Å². The van der Waals surface area contributed by atoms with Gasteiger partial charge in [0.05, 0.1) is 0 Å². The van der Waals surface area contributed by atoms with Crippen molar-refractivity contribution < 1.29 is 9.90 Å². The van der Waals surface area contributed by atoms with E-state index in [1.807, 2.05) is 31.2 Å².